The lowest BCUT2D eigenvalue weighted by molar-refractivity contribution is -0.174. The third-order valence-corrected chi connectivity index (χ3v) is 1.61. The Hall–Kier alpha value is -1.27. The first kappa shape index (κ1) is 12.7. The van der Waals surface area contributed by atoms with Crippen LogP contribution >= 0.6 is 0 Å². The van der Waals surface area contributed by atoms with Gasteiger partial charge >= 0.3 is 18.1 Å². The Morgan fingerprint density at radius 2 is 1.93 bits per heavy atom. The second-order valence-electron chi connectivity index (χ2n) is 2.65. The standard InChI is InChI=1S/C7H10F3NO3/c1-2-4(5(12)13)3-11-6(14)7(8,9)10/h4H,2-3H2,1H3,(H,11,14)(H,12,13)/t4-/m1/s1. The van der Waals surface area contributed by atoms with Crippen LogP contribution in [0.5, 0.6) is 0 Å². The molecule has 0 fully saturated rings. The molecule has 82 valence electrons. The summed E-state index contributed by atoms with van der Waals surface area (Å²) in [5.41, 5.74) is 0. The predicted octanol–water partition coefficient (Wildman–Crippen LogP) is 0.776. The van der Waals surface area contributed by atoms with Crippen molar-refractivity contribution >= 4 is 11.9 Å². The summed E-state index contributed by atoms with van der Waals surface area (Å²) >= 11 is 0. The molecule has 1 atom stereocenters. The Labute approximate surface area is 78.1 Å². The Balaban J connectivity index is 4.05. The van der Waals surface area contributed by atoms with Gasteiger partial charge in [-0.1, -0.05) is 6.92 Å². The van der Waals surface area contributed by atoms with E-state index in [1.807, 2.05) is 0 Å². The summed E-state index contributed by atoms with van der Waals surface area (Å²) in [5.74, 6) is -4.33. The first-order chi connectivity index (χ1) is 6.29. The summed E-state index contributed by atoms with van der Waals surface area (Å²) in [6.07, 6.45) is -4.80. The van der Waals surface area contributed by atoms with E-state index in [1.165, 1.54) is 12.2 Å². The van der Waals surface area contributed by atoms with Crippen molar-refractivity contribution in [3.63, 3.8) is 0 Å². The minimum Gasteiger partial charge on any atom is -0.481 e. The van der Waals surface area contributed by atoms with E-state index >= 15 is 0 Å². The van der Waals surface area contributed by atoms with Crippen LogP contribution in [-0.4, -0.2) is 29.7 Å². The van der Waals surface area contributed by atoms with E-state index in [1.54, 1.807) is 0 Å². The van der Waals surface area contributed by atoms with Crippen molar-refractivity contribution < 1.29 is 27.9 Å². The molecule has 14 heavy (non-hydrogen) atoms. The fourth-order valence-corrected chi connectivity index (χ4v) is 0.722. The Morgan fingerprint density at radius 3 is 2.21 bits per heavy atom. The zero-order valence-electron chi connectivity index (χ0n) is 7.39. The van der Waals surface area contributed by atoms with Crippen molar-refractivity contribution in [2.24, 2.45) is 5.92 Å². The normalized spacial score (nSPS) is 13.4. The molecule has 2 N–H and O–H groups in total. The monoisotopic (exact) mass is 213 g/mol. The Morgan fingerprint density at radius 1 is 1.43 bits per heavy atom. The molecule has 0 saturated carbocycles. The lowest BCUT2D eigenvalue weighted by atomic mass is 10.1. The fraction of sp³-hybridized carbons (Fsp3) is 0.714. The van der Waals surface area contributed by atoms with Crippen molar-refractivity contribution in [2.45, 2.75) is 19.5 Å². The molecular weight excluding hydrogens is 203 g/mol. The van der Waals surface area contributed by atoms with Crippen molar-refractivity contribution in [1.29, 1.82) is 0 Å². The zero-order valence-corrected chi connectivity index (χ0v) is 7.39. The largest absolute Gasteiger partial charge is 0.481 e. The molecule has 0 rings (SSSR count). The lowest BCUT2D eigenvalue weighted by Crippen LogP contribution is -2.40. The van der Waals surface area contributed by atoms with Crippen LogP contribution in [-0.2, 0) is 9.59 Å². The molecule has 0 aliphatic heterocycles. The number of nitrogens with one attached hydrogen (secondary N) is 1. The lowest BCUT2D eigenvalue weighted by Gasteiger charge is -2.12. The number of carbonyl (C=O) groups is 2. The summed E-state index contributed by atoms with van der Waals surface area (Å²) in [4.78, 5) is 20.6. The highest BCUT2D eigenvalue weighted by molar-refractivity contribution is 5.82. The number of amides is 1. The van der Waals surface area contributed by atoms with E-state index in [2.05, 4.69) is 0 Å². The van der Waals surface area contributed by atoms with Crippen molar-refractivity contribution in [2.75, 3.05) is 6.54 Å². The number of rotatable bonds is 4. The van der Waals surface area contributed by atoms with Crippen LogP contribution in [0.3, 0.4) is 0 Å². The van der Waals surface area contributed by atoms with E-state index in [-0.39, 0.29) is 6.42 Å². The van der Waals surface area contributed by atoms with Gasteiger partial charge in [0, 0.05) is 6.54 Å². The minimum absolute atomic E-state index is 0.160. The first-order valence-corrected chi connectivity index (χ1v) is 3.86. The number of halogens is 3. The highest BCUT2D eigenvalue weighted by Gasteiger charge is 2.38. The van der Waals surface area contributed by atoms with Gasteiger partial charge in [0.1, 0.15) is 0 Å². The number of aliphatic carboxylic acids is 1. The van der Waals surface area contributed by atoms with E-state index in [9.17, 15) is 22.8 Å². The molecule has 7 heteroatoms. The molecule has 0 radical (unpaired) electrons. The van der Waals surface area contributed by atoms with Gasteiger partial charge in [0.15, 0.2) is 0 Å². The van der Waals surface area contributed by atoms with Crippen LogP contribution in [0.15, 0.2) is 0 Å². The first-order valence-electron chi connectivity index (χ1n) is 3.86. The van der Waals surface area contributed by atoms with Gasteiger partial charge in [-0.25, -0.2) is 0 Å². The number of alkyl halides is 3. The summed E-state index contributed by atoms with van der Waals surface area (Å²) in [5, 5.41) is 9.97. The quantitative estimate of drug-likeness (QED) is 0.725. The number of hydrogen-bond donors (Lipinski definition) is 2. The third kappa shape index (κ3) is 4.11. The summed E-state index contributed by atoms with van der Waals surface area (Å²) in [7, 11) is 0. The SMILES string of the molecule is CC[C@H](CNC(=O)C(F)(F)F)C(=O)O. The molecule has 0 aromatic carbocycles. The maximum Gasteiger partial charge on any atom is 0.471 e. The van der Waals surface area contributed by atoms with E-state index in [4.69, 9.17) is 5.11 Å². The van der Waals surface area contributed by atoms with Crippen LogP contribution in [0.25, 0.3) is 0 Å². The van der Waals surface area contributed by atoms with Crippen molar-refractivity contribution in [1.82, 2.24) is 5.32 Å². The predicted molar refractivity (Wildman–Crippen MR) is 40.5 cm³/mol. The maximum absolute atomic E-state index is 11.6. The topological polar surface area (TPSA) is 66.4 Å². The highest BCUT2D eigenvalue weighted by Crippen LogP contribution is 2.14. The van der Waals surface area contributed by atoms with Gasteiger partial charge in [-0.3, -0.25) is 9.59 Å². The molecule has 0 heterocycles. The van der Waals surface area contributed by atoms with Gasteiger partial charge in [0.25, 0.3) is 0 Å². The molecule has 4 nitrogen and oxygen atoms in total. The second-order valence-corrected chi connectivity index (χ2v) is 2.65. The van der Waals surface area contributed by atoms with Crippen molar-refractivity contribution in [3.05, 3.63) is 0 Å². The van der Waals surface area contributed by atoms with Crippen LogP contribution in [0.1, 0.15) is 13.3 Å². The van der Waals surface area contributed by atoms with E-state index in [0.29, 0.717) is 0 Å². The van der Waals surface area contributed by atoms with Gasteiger partial charge in [-0.2, -0.15) is 13.2 Å². The summed E-state index contributed by atoms with van der Waals surface area (Å²) < 4.78 is 34.9. The van der Waals surface area contributed by atoms with Gasteiger partial charge < -0.3 is 10.4 Å². The number of hydrogen-bond acceptors (Lipinski definition) is 2. The number of carboxylic acids is 1. The molecule has 0 aromatic heterocycles. The molecule has 0 unspecified atom stereocenters. The molecule has 0 bridgehead atoms. The third-order valence-electron chi connectivity index (χ3n) is 1.61. The van der Waals surface area contributed by atoms with E-state index < -0.39 is 30.5 Å². The van der Waals surface area contributed by atoms with Crippen LogP contribution < -0.4 is 5.32 Å². The molecule has 0 aliphatic carbocycles. The maximum atomic E-state index is 11.6. The van der Waals surface area contributed by atoms with E-state index in [0.717, 1.165) is 0 Å². The van der Waals surface area contributed by atoms with Crippen LogP contribution in [0.4, 0.5) is 13.2 Å². The summed E-state index contributed by atoms with van der Waals surface area (Å²) in [6, 6.07) is 0. The molecular formula is C7H10F3NO3. The Kier molecular flexibility index (Phi) is 4.39. The number of carbonyl (C=O) groups excluding carboxylic acids is 1. The molecule has 0 aliphatic rings. The van der Waals surface area contributed by atoms with Crippen molar-refractivity contribution in [3.8, 4) is 0 Å². The van der Waals surface area contributed by atoms with Crippen LogP contribution in [0.2, 0.25) is 0 Å². The molecule has 0 aromatic rings. The molecule has 0 spiro atoms. The average Bonchev–Trinajstić information content (AvgIpc) is 2.02. The van der Waals surface area contributed by atoms with Gasteiger partial charge in [-0.15, -0.1) is 0 Å². The zero-order chi connectivity index (χ0) is 11.4. The van der Waals surface area contributed by atoms with Crippen LogP contribution in [0, 0.1) is 5.92 Å². The number of carboxylic acid groups (broad SMARTS) is 1. The second kappa shape index (κ2) is 4.83. The molecule has 1 amide bonds. The Bertz CT molecular complexity index is 227. The summed E-state index contributed by atoms with van der Waals surface area (Å²) in [6.45, 7) is 1.00. The molecule has 0 saturated heterocycles. The average molecular weight is 213 g/mol. The van der Waals surface area contributed by atoms with Gasteiger partial charge in [-0.05, 0) is 6.42 Å². The smallest absolute Gasteiger partial charge is 0.471 e. The van der Waals surface area contributed by atoms with Gasteiger partial charge in [0.05, 0.1) is 5.92 Å². The van der Waals surface area contributed by atoms with Gasteiger partial charge in [0.2, 0.25) is 0 Å². The fourth-order valence-electron chi connectivity index (χ4n) is 0.722. The minimum atomic E-state index is -4.96. The highest BCUT2D eigenvalue weighted by atomic mass is 19.4.